The molecule has 2 nitrogen and oxygen atoms in total. The first-order valence-corrected chi connectivity index (χ1v) is 4.28. The van der Waals surface area contributed by atoms with Crippen LogP contribution in [0.1, 0.15) is 27.7 Å². The van der Waals surface area contributed by atoms with Crippen molar-refractivity contribution in [3.05, 3.63) is 0 Å². The molecule has 0 atom stereocenters. The Balaban J connectivity index is 3.28. The predicted octanol–water partition coefficient (Wildman–Crippen LogP) is 1.75. The summed E-state index contributed by atoms with van der Waals surface area (Å²) in [6.07, 6.45) is 0. The first-order valence-electron chi connectivity index (χ1n) is 4.28. The topological polar surface area (TPSA) is 12.5 Å². The summed E-state index contributed by atoms with van der Waals surface area (Å²) in [6.45, 7) is 11.3. The Kier molecular flexibility index (Phi) is 4.69. The van der Waals surface area contributed by atoms with E-state index in [2.05, 4.69) is 39.6 Å². The third-order valence-corrected chi connectivity index (χ3v) is 1.55. The van der Waals surface area contributed by atoms with Crippen molar-refractivity contribution >= 4 is 0 Å². The van der Waals surface area contributed by atoms with Gasteiger partial charge in [0, 0.05) is 6.54 Å². The maximum Gasteiger partial charge on any atom is 0.0600 e. The van der Waals surface area contributed by atoms with E-state index < -0.39 is 0 Å². The van der Waals surface area contributed by atoms with Crippen molar-refractivity contribution in [1.29, 1.82) is 0 Å². The lowest BCUT2D eigenvalue weighted by molar-refractivity contribution is -0.0103. The summed E-state index contributed by atoms with van der Waals surface area (Å²) in [6, 6.07) is 0. The van der Waals surface area contributed by atoms with E-state index >= 15 is 0 Å². The number of hydrogen-bond donors (Lipinski definition) is 0. The molecule has 0 spiro atoms. The van der Waals surface area contributed by atoms with Crippen LogP contribution in [0, 0.1) is 0 Å². The van der Waals surface area contributed by atoms with E-state index in [0.717, 1.165) is 19.7 Å². The molecule has 0 rings (SSSR count). The maximum atomic E-state index is 5.56. The number of likely N-dealkylation sites (N-methyl/N-ethyl adjacent to an activating group) is 1. The molecule has 0 aliphatic carbocycles. The molecule has 0 amide bonds. The lowest BCUT2D eigenvalue weighted by Gasteiger charge is -2.21. The molecule has 0 saturated heterocycles. The normalized spacial score (nSPS) is 12.5. The van der Waals surface area contributed by atoms with E-state index in [0.29, 0.717) is 0 Å². The van der Waals surface area contributed by atoms with Crippen LogP contribution in [0.25, 0.3) is 0 Å². The summed E-state index contributed by atoms with van der Waals surface area (Å²) in [5.41, 5.74) is 0.00851. The van der Waals surface area contributed by atoms with Gasteiger partial charge in [0.05, 0.1) is 12.2 Å². The predicted molar refractivity (Wildman–Crippen MR) is 48.9 cm³/mol. The fourth-order valence-electron chi connectivity index (χ4n) is 0.666. The Bertz CT molecular complexity index is 96.2. The fraction of sp³-hybridized carbons (Fsp3) is 1.00. The highest BCUT2D eigenvalue weighted by Crippen LogP contribution is 2.05. The van der Waals surface area contributed by atoms with Crippen molar-refractivity contribution in [2.75, 3.05) is 26.7 Å². The van der Waals surface area contributed by atoms with Gasteiger partial charge in [-0.05, 0) is 34.4 Å². The zero-order valence-electron chi connectivity index (χ0n) is 8.48. The van der Waals surface area contributed by atoms with Crippen molar-refractivity contribution in [3.63, 3.8) is 0 Å². The summed E-state index contributed by atoms with van der Waals surface area (Å²) < 4.78 is 5.56. The first-order chi connectivity index (χ1) is 4.95. The molecular weight excluding hydrogens is 138 g/mol. The van der Waals surface area contributed by atoms with Crippen molar-refractivity contribution in [1.82, 2.24) is 4.90 Å². The van der Waals surface area contributed by atoms with Crippen LogP contribution in [0.5, 0.6) is 0 Å². The molecule has 0 bridgehead atoms. The quantitative estimate of drug-likeness (QED) is 0.619. The van der Waals surface area contributed by atoms with Crippen LogP contribution in [-0.2, 0) is 4.74 Å². The summed E-state index contributed by atoms with van der Waals surface area (Å²) in [4.78, 5) is 2.24. The smallest absolute Gasteiger partial charge is 0.0600 e. The Hall–Kier alpha value is -0.0800. The van der Waals surface area contributed by atoms with Crippen LogP contribution in [0.3, 0.4) is 0 Å². The molecule has 2 heteroatoms. The SMILES string of the molecule is CCN(C)CCOC(C)(C)C. The third kappa shape index (κ3) is 7.82. The van der Waals surface area contributed by atoms with Crippen LogP contribution in [0.4, 0.5) is 0 Å². The zero-order chi connectivity index (χ0) is 8.91. The highest BCUT2D eigenvalue weighted by Gasteiger charge is 2.09. The highest BCUT2D eigenvalue weighted by molar-refractivity contribution is 4.59. The molecular formula is C9H21NO. The van der Waals surface area contributed by atoms with Crippen LogP contribution >= 0.6 is 0 Å². The molecule has 0 fully saturated rings. The van der Waals surface area contributed by atoms with Gasteiger partial charge in [-0.15, -0.1) is 0 Å². The average Bonchev–Trinajstić information content (AvgIpc) is 1.85. The van der Waals surface area contributed by atoms with Gasteiger partial charge in [-0.1, -0.05) is 6.92 Å². The zero-order valence-corrected chi connectivity index (χ0v) is 8.48. The monoisotopic (exact) mass is 159 g/mol. The minimum Gasteiger partial charge on any atom is -0.375 e. The molecule has 0 aliphatic rings. The van der Waals surface area contributed by atoms with E-state index in [4.69, 9.17) is 4.74 Å². The number of rotatable bonds is 4. The Morgan fingerprint density at radius 3 is 2.18 bits per heavy atom. The van der Waals surface area contributed by atoms with Gasteiger partial charge in [0.1, 0.15) is 0 Å². The van der Waals surface area contributed by atoms with Crippen molar-refractivity contribution in [2.24, 2.45) is 0 Å². The molecule has 0 aromatic heterocycles. The second-order valence-electron chi connectivity index (χ2n) is 3.86. The van der Waals surface area contributed by atoms with E-state index in [1.165, 1.54) is 0 Å². The van der Waals surface area contributed by atoms with E-state index in [1.54, 1.807) is 0 Å². The van der Waals surface area contributed by atoms with E-state index in [-0.39, 0.29) is 5.60 Å². The summed E-state index contributed by atoms with van der Waals surface area (Å²) in [5, 5.41) is 0. The standard InChI is InChI=1S/C9H21NO/c1-6-10(5)7-8-11-9(2,3)4/h6-8H2,1-5H3. The molecule has 0 heterocycles. The molecule has 68 valence electrons. The Morgan fingerprint density at radius 2 is 1.82 bits per heavy atom. The van der Waals surface area contributed by atoms with E-state index in [1.807, 2.05) is 0 Å². The largest absolute Gasteiger partial charge is 0.375 e. The van der Waals surface area contributed by atoms with Gasteiger partial charge >= 0.3 is 0 Å². The third-order valence-electron chi connectivity index (χ3n) is 1.55. The second-order valence-corrected chi connectivity index (χ2v) is 3.86. The van der Waals surface area contributed by atoms with Gasteiger partial charge in [0.25, 0.3) is 0 Å². The van der Waals surface area contributed by atoms with Crippen molar-refractivity contribution in [3.8, 4) is 0 Å². The molecule has 0 aromatic rings. The van der Waals surface area contributed by atoms with Gasteiger partial charge in [-0.25, -0.2) is 0 Å². The van der Waals surface area contributed by atoms with Gasteiger partial charge in [-0.3, -0.25) is 0 Å². The van der Waals surface area contributed by atoms with Crippen molar-refractivity contribution < 1.29 is 4.74 Å². The summed E-state index contributed by atoms with van der Waals surface area (Å²) >= 11 is 0. The van der Waals surface area contributed by atoms with Gasteiger partial charge in [0.15, 0.2) is 0 Å². The van der Waals surface area contributed by atoms with Crippen LogP contribution in [0.15, 0.2) is 0 Å². The summed E-state index contributed by atoms with van der Waals surface area (Å²) in [5.74, 6) is 0. The highest BCUT2D eigenvalue weighted by atomic mass is 16.5. The Labute approximate surface area is 70.5 Å². The van der Waals surface area contributed by atoms with Crippen LogP contribution < -0.4 is 0 Å². The van der Waals surface area contributed by atoms with Crippen LogP contribution in [-0.4, -0.2) is 37.2 Å². The van der Waals surface area contributed by atoms with Crippen LogP contribution in [0.2, 0.25) is 0 Å². The summed E-state index contributed by atoms with van der Waals surface area (Å²) in [7, 11) is 2.10. The molecule has 0 N–H and O–H groups in total. The van der Waals surface area contributed by atoms with Gasteiger partial charge in [0.2, 0.25) is 0 Å². The van der Waals surface area contributed by atoms with E-state index in [9.17, 15) is 0 Å². The average molecular weight is 159 g/mol. The molecule has 11 heavy (non-hydrogen) atoms. The Morgan fingerprint density at radius 1 is 1.27 bits per heavy atom. The lowest BCUT2D eigenvalue weighted by Crippen LogP contribution is -2.28. The molecule has 0 radical (unpaired) electrons. The second kappa shape index (κ2) is 4.73. The molecule has 0 unspecified atom stereocenters. The maximum absolute atomic E-state index is 5.56. The minimum absolute atomic E-state index is 0.00851. The fourth-order valence-corrected chi connectivity index (χ4v) is 0.666. The lowest BCUT2D eigenvalue weighted by atomic mass is 10.2. The number of ether oxygens (including phenoxy) is 1. The first kappa shape index (κ1) is 10.9. The van der Waals surface area contributed by atoms with Gasteiger partial charge in [-0.2, -0.15) is 0 Å². The number of hydrogen-bond acceptors (Lipinski definition) is 2. The molecule has 0 saturated carbocycles. The van der Waals surface area contributed by atoms with Crippen molar-refractivity contribution in [2.45, 2.75) is 33.3 Å². The molecule has 0 aliphatic heterocycles. The number of nitrogens with zero attached hydrogens (tertiary/aromatic N) is 1. The van der Waals surface area contributed by atoms with Gasteiger partial charge < -0.3 is 9.64 Å². The minimum atomic E-state index is 0.00851. The molecule has 0 aromatic carbocycles.